The van der Waals surface area contributed by atoms with Gasteiger partial charge >= 0.3 is 6.03 Å². The fourth-order valence-corrected chi connectivity index (χ4v) is 4.04. The van der Waals surface area contributed by atoms with Crippen LogP contribution in [0.3, 0.4) is 0 Å². The molecule has 4 rings (SSSR count). The maximum Gasteiger partial charge on any atom is 0.321 e. The lowest BCUT2D eigenvalue weighted by atomic mass is 9.91. The van der Waals surface area contributed by atoms with Gasteiger partial charge in [-0.05, 0) is 67.3 Å². The molecule has 2 aliphatic rings. The lowest BCUT2D eigenvalue weighted by molar-refractivity contribution is 0.241. The first-order chi connectivity index (χ1) is 12.8. The van der Waals surface area contributed by atoms with Crippen molar-refractivity contribution in [3.63, 3.8) is 0 Å². The molecule has 4 heteroatoms. The number of ether oxygens (including phenoxy) is 1. The van der Waals surface area contributed by atoms with Crippen molar-refractivity contribution in [2.24, 2.45) is 0 Å². The summed E-state index contributed by atoms with van der Waals surface area (Å²) < 4.78 is 5.98. The lowest BCUT2D eigenvalue weighted by Crippen LogP contribution is -2.44. The number of benzene rings is 2. The number of nitrogens with zero attached hydrogens (tertiary/aromatic N) is 1. The van der Waals surface area contributed by atoms with Crippen LogP contribution in [0.15, 0.2) is 42.5 Å². The molecule has 0 fully saturated rings. The molecule has 1 heterocycles. The number of hydrogen-bond acceptors (Lipinski definition) is 2. The number of fused-ring (bicyclic) bond motifs is 2. The monoisotopic (exact) mass is 350 g/mol. The molecular weight excluding hydrogens is 324 g/mol. The average molecular weight is 350 g/mol. The van der Waals surface area contributed by atoms with Gasteiger partial charge < -0.3 is 10.1 Å². The summed E-state index contributed by atoms with van der Waals surface area (Å²) in [4.78, 5) is 14.4. The van der Waals surface area contributed by atoms with Crippen molar-refractivity contribution >= 4 is 11.7 Å². The first-order valence-corrected chi connectivity index (χ1v) is 9.70. The van der Waals surface area contributed by atoms with Crippen LogP contribution in [0, 0.1) is 0 Å². The summed E-state index contributed by atoms with van der Waals surface area (Å²) in [6.07, 6.45) is 6.81. The molecule has 1 aliphatic carbocycles. The second-order valence-corrected chi connectivity index (χ2v) is 7.07. The molecule has 0 spiro atoms. The summed E-state index contributed by atoms with van der Waals surface area (Å²) in [5, 5.41) is 3.01. The van der Waals surface area contributed by atoms with Crippen LogP contribution in [-0.4, -0.2) is 25.7 Å². The van der Waals surface area contributed by atoms with Crippen LogP contribution >= 0.6 is 0 Å². The zero-order chi connectivity index (χ0) is 17.8. The Kier molecular flexibility index (Phi) is 5.09. The Morgan fingerprint density at radius 2 is 1.77 bits per heavy atom. The SMILES string of the molecule is O=C(NCCOc1cccc2c1CCCC2)N1CCCc2ccccc21. The van der Waals surface area contributed by atoms with Gasteiger partial charge in [0.15, 0.2) is 0 Å². The van der Waals surface area contributed by atoms with E-state index in [-0.39, 0.29) is 6.03 Å². The summed E-state index contributed by atoms with van der Waals surface area (Å²) >= 11 is 0. The van der Waals surface area contributed by atoms with Gasteiger partial charge in [-0.25, -0.2) is 4.79 Å². The van der Waals surface area contributed by atoms with Crippen LogP contribution in [0.25, 0.3) is 0 Å². The summed E-state index contributed by atoms with van der Waals surface area (Å²) in [7, 11) is 0. The van der Waals surface area contributed by atoms with Gasteiger partial charge in [0, 0.05) is 12.2 Å². The topological polar surface area (TPSA) is 41.6 Å². The summed E-state index contributed by atoms with van der Waals surface area (Å²) in [5.41, 5.74) is 5.06. The van der Waals surface area contributed by atoms with E-state index in [0.29, 0.717) is 13.2 Å². The van der Waals surface area contributed by atoms with E-state index in [4.69, 9.17) is 4.74 Å². The highest BCUT2D eigenvalue weighted by molar-refractivity contribution is 5.93. The van der Waals surface area contributed by atoms with Crippen LogP contribution in [0.4, 0.5) is 10.5 Å². The Morgan fingerprint density at radius 1 is 0.962 bits per heavy atom. The highest BCUT2D eigenvalue weighted by atomic mass is 16.5. The van der Waals surface area contributed by atoms with Crippen molar-refractivity contribution in [2.45, 2.75) is 38.5 Å². The molecule has 1 N–H and O–H groups in total. The second kappa shape index (κ2) is 7.81. The molecule has 4 nitrogen and oxygen atoms in total. The van der Waals surface area contributed by atoms with Crippen LogP contribution in [0.5, 0.6) is 5.75 Å². The normalized spacial score (nSPS) is 15.8. The molecule has 2 amide bonds. The summed E-state index contributed by atoms with van der Waals surface area (Å²) in [5.74, 6) is 0.986. The molecular formula is C22H26N2O2. The van der Waals surface area contributed by atoms with Crippen molar-refractivity contribution in [3.05, 3.63) is 59.2 Å². The third-order valence-electron chi connectivity index (χ3n) is 5.34. The van der Waals surface area contributed by atoms with Gasteiger partial charge in [-0.3, -0.25) is 4.90 Å². The van der Waals surface area contributed by atoms with Crippen molar-refractivity contribution < 1.29 is 9.53 Å². The smallest absolute Gasteiger partial charge is 0.321 e. The molecule has 0 bridgehead atoms. The van der Waals surface area contributed by atoms with Gasteiger partial charge in [0.05, 0.1) is 6.54 Å². The van der Waals surface area contributed by atoms with E-state index in [2.05, 4.69) is 23.5 Å². The van der Waals surface area contributed by atoms with E-state index in [0.717, 1.165) is 43.7 Å². The summed E-state index contributed by atoms with van der Waals surface area (Å²) in [6.45, 7) is 1.79. The Bertz CT molecular complexity index is 787. The quantitative estimate of drug-likeness (QED) is 0.843. The number of amides is 2. The molecule has 136 valence electrons. The number of hydrogen-bond donors (Lipinski definition) is 1. The standard InChI is InChI=1S/C22H26N2O2/c25-22(24-15-6-10-18-8-2-4-12-20(18)24)23-14-16-26-21-13-5-9-17-7-1-3-11-19(17)21/h2,4-5,8-9,12-13H,1,3,6-7,10-11,14-16H2,(H,23,25). The van der Waals surface area contributed by atoms with Crippen molar-refractivity contribution in [3.8, 4) is 5.75 Å². The third-order valence-corrected chi connectivity index (χ3v) is 5.34. The van der Waals surface area contributed by atoms with E-state index < -0.39 is 0 Å². The van der Waals surface area contributed by atoms with Gasteiger partial charge in [0.2, 0.25) is 0 Å². The molecule has 0 unspecified atom stereocenters. The first-order valence-electron chi connectivity index (χ1n) is 9.70. The van der Waals surface area contributed by atoms with Crippen molar-refractivity contribution in [2.75, 3.05) is 24.6 Å². The lowest BCUT2D eigenvalue weighted by Gasteiger charge is -2.29. The number of urea groups is 1. The van der Waals surface area contributed by atoms with E-state index in [9.17, 15) is 4.79 Å². The highest BCUT2D eigenvalue weighted by Crippen LogP contribution is 2.29. The zero-order valence-electron chi connectivity index (χ0n) is 15.2. The number of aryl methyl sites for hydroxylation is 2. The van der Waals surface area contributed by atoms with Crippen LogP contribution in [0.1, 0.15) is 36.0 Å². The maximum absolute atomic E-state index is 12.6. The van der Waals surface area contributed by atoms with Gasteiger partial charge in [-0.1, -0.05) is 30.3 Å². The van der Waals surface area contributed by atoms with Crippen LogP contribution in [-0.2, 0) is 19.3 Å². The number of carbonyl (C=O) groups excluding carboxylic acids is 1. The van der Waals surface area contributed by atoms with Gasteiger partial charge in [-0.15, -0.1) is 0 Å². The van der Waals surface area contributed by atoms with E-state index >= 15 is 0 Å². The molecule has 0 saturated carbocycles. The Labute approximate surface area is 155 Å². The predicted molar refractivity (Wildman–Crippen MR) is 104 cm³/mol. The zero-order valence-corrected chi connectivity index (χ0v) is 15.2. The fraction of sp³-hybridized carbons (Fsp3) is 0.409. The number of rotatable bonds is 4. The van der Waals surface area contributed by atoms with Gasteiger partial charge in [-0.2, -0.15) is 0 Å². The summed E-state index contributed by atoms with van der Waals surface area (Å²) in [6, 6.07) is 14.5. The van der Waals surface area contributed by atoms with Gasteiger partial charge in [0.25, 0.3) is 0 Å². The van der Waals surface area contributed by atoms with Crippen molar-refractivity contribution in [1.82, 2.24) is 5.32 Å². The minimum atomic E-state index is -0.0316. The number of anilines is 1. The number of carbonyl (C=O) groups is 1. The third kappa shape index (κ3) is 3.55. The fourth-order valence-electron chi connectivity index (χ4n) is 4.04. The van der Waals surface area contributed by atoms with Crippen LogP contribution < -0.4 is 15.0 Å². The van der Waals surface area contributed by atoms with Crippen LogP contribution in [0.2, 0.25) is 0 Å². The number of para-hydroxylation sites is 1. The molecule has 2 aromatic rings. The minimum Gasteiger partial charge on any atom is -0.491 e. The first kappa shape index (κ1) is 17.0. The second-order valence-electron chi connectivity index (χ2n) is 7.07. The molecule has 26 heavy (non-hydrogen) atoms. The molecule has 0 radical (unpaired) electrons. The predicted octanol–water partition coefficient (Wildman–Crippen LogP) is 4.11. The maximum atomic E-state index is 12.6. The highest BCUT2D eigenvalue weighted by Gasteiger charge is 2.21. The minimum absolute atomic E-state index is 0.0316. The Hall–Kier alpha value is -2.49. The number of nitrogens with one attached hydrogen (secondary N) is 1. The molecule has 0 atom stereocenters. The molecule has 0 saturated heterocycles. The average Bonchev–Trinajstić information content (AvgIpc) is 2.70. The molecule has 1 aliphatic heterocycles. The van der Waals surface area contributed by atoms with E-state index in [1.54, 1.807) is 0 Å². The van der Waals surface area contributed by atoms with E-state index in [1.165, 1.54) is 29.5 Å². The largest absolute Gasteiger partial charge is 0.491 e. The Morgan fingerprint density at radius 3 is 2.73 bits per heavy atom. The van der Waals surface area contributed by atoms with Gasteiger partial charge in [0.1, 0.15) is 12.4 Å². The molecule has 2 aromatic carbocycles. The van der Waals surface area contributed by atoms with Crippen molar-refractivity contribution in [1.29, 1.82) is 0 Å². The Balaban J connectivity index is 1.31. The molecule has 0 aromatic heterocycles. The van der Waals surface area contributed by atoms with E-state index in [1.807, 2.05) is 29.2 Å².